The molecule has 17 heavy (non-hydrogen) atoms. The Kier molecular flexibility index (Phi) is 3.52. The molecule has 0 saturated carbocycles. The van der Waals surface area contributed by atoms with Crippen LogP contribution in [0.25, 0.3) is 0 Å². The largest absolute Gasteiger partial charge is 0.508 e. The molecule has 0 aliphatic heterocycles. The number of phenolic OH excluding ortho intramolecular Hbond substituents is 1. The molecule has 1 aromatic carbocycles. The molecule has 1 N–H and O–H groups in total. The summed E-state index contributed by atoms with van der Waals surface area (Å²) in [6.07, 6.45) is -10.0. The van der Waals surface area contributed by atoms with Crippen LogP contribution >= 0.6 is 11.6 Å². The monoisotopic (exact) mass is 278 g/mol. The minimum Gasteiger partial charge on any atom is -0.508 e. The highest BCUT2D eigenvalue weighted by Gasteiger charge is 2.41. The molecule has 0 heterocycles. The smallest absolute Gasteiger partial charge is 0.416 e. The third-order valence-electron chi connectivity index (χ3n) is 1.98. The Morgan fingerprint density at radius 3 is 1.53 bits per heavy atom. The zero-order valence-electron chi connectivity index (χ0n) is 7.95. The number of hydrogen-bond donors (Lipinski definition) is 1. The summed E-state index contributed by atoms with van der Waals surface area (Å²) in [4.78, 5) is 0. The zero-order valence-corrected chi connectivity index (χ0v) is 8.71. The van der Waals surface area contributed by atoms with Gasteiger partial charge in [-0.3, -0.25) is 0 Å². The molecule has 0 bridgehead atoms. The number of rotatable bonds is 1. The minimum atomic E-state index is -5.01. The molecule has 0 atom stereocenters. The lowest BCUT2D eigenvalue weighted by molar-refractivity contribution is -0.144. The van der Waals surface area contributed by atoms with E-state index >= 15 is 0 Å². The number of hydrogen-bond acceptors (Lipinski definition) is 1. The van der Waals surface area contributed by atoms with Gasteiger partial charge < -0.3 is 5.11 Å². The summed E-state index contributed by atoms with van der Waals surface area (Å²) in [5.74, 6) is -2.07. The zero-order chi connectivity index (χ0) is 13.4. The van der Waals surface area contributed by atoms with Gasteiger partial charge in [0.05, 0.1) is 11.1 Å². The molecule has 0 fully saturated rings. The van der Waals surface area contributed by atoms with E-state index in [0.717, 1.165) is 0 Å². The Morgan fingerprint density at radius 2 is 1.29 bits per heavy atom. The molecule has 96 valence electrons. The van der Waals surface area contributed by atoms with E-state index in [9.17, 15) is 26.3 Å². The van der Waals surface area contributed by atoms with Crippen molar-refractivity contribution in [2.45, 2.75) is 18.2 Å². The number of phenols is 1. The molecule has 8 heteroatoms. The summed E-state index contributed by atoms with van der Waals surface area (Å²) in [5, 5.41) is 8.90. The molecule has 0 aliphatic carbocycles. The van der Waals surface area contributed by atoms with Gasteiger partial charge in [-0.1, -0.05) is 0 Å². The predicted octanol–water partition coefficient (Wildman–Crippen LogP) is 4.17. The Hall–Kier alpha value is -1.11. The molecule has 0 aromatic heterocycles. The second kappa shape index (κ2) is 4.29. The number of benzene rings is 1. The van der Waals surface area contributed by atoms with Crippen LogP contribution in [0.4, 0.5) is 26.3 Å². The molecule has 0 saturated heterocycles. The Bertz CT molecular complexity index is 387. The van der Waals surface area contributed by atoms with Gasteiger partial charge in [-0.25, -0.2) is 0 Å². The summed E-state index contributed by atoms with van der Waals surface area (Å²) >= 11 is 5.12. The lowest BCUT2D eigenvalue weighted by Gasteiger charge is -2.17. The van der Waals surface area contributed by atoms with Crippen molar-refractivity contribution in [1.82, 2.24) is 0 Å². The van der Waals surface area contributed by atoms with Crippen LogP contribution in [0.5, 0.6) is 5.75 Å². The maximum atomic E-state index is 12.4. The maximum absolute atomic E-state index is 12.4. The van der Waals surface area contributed by atoms with Gasteiger partial charge in [0.15, 0.2) is 0 Å². The highest BCUT2D eigenvalue weighted by molar-refractivity contribution is 6.17. The molecule has 0 spiro atoms. The quantitative estimate of drug-likeness (QED) is 0.604. The first-order chi connectivity index (χ1) is 7.57. The first-order valence-electron chi connectivity index (χ1n) is 4.13. The van der Waals surface area contributed by atoms with Gasteiger partial charge in [0, 0.05) is 5.88 Å². The summed E-state index contributed by atoms with van der Waals surface area (Å²) in [7, 11) is 0. The number of alkyl halides is 7. The lowest BCUT2D eigenvalue weighted by atomic mass is 10.0. The third kappa shape index (κ3) is 2.96. The van der Waals surface area contributed by atoms with Crippen LogP contribution in [0.15, 0.2) is 12.1 Å². The van der Waals surface area contributed by atoms with Gasteiger partial charge in [0.25, 0.3) is 0 Å². The van der Waals surface area contributed by atoms with Crippen molar-refractivity contribution in [1.29, 1.82) is 0 Å². The number of halogens is 7. The van der Waals surface area contributed by atoms with Crippen molar-refractivity contribution in [3.63, 3.8) is 0 Å². The van der Waals surface area contributed by atoms with Crippen molar-refractivity contribution in [2.75, 3.05) is 0 Å². The molecular weight excluding hydrogens is 274 g/mol. The fourth-order valence-corrected chi connectivity index (χ4v) is 1.59. The predicted molar refractivity (Wildman–Crippen MR) is 47.7 cm³/mol. The van der Waals surface area contributed by atoms with Crippen molar-refractivity contribution >= 4 is 11.6 Å². The van der Waals surface area contributed by atoms with E-state index in [1.807, 2.05) is 0 Å². The fraction of sp³-hybridized carbons (Fsp3) is 0.333. The van der Waals surface area contributed by atoms with Gasteiger partial charge >= 0.3 is 12.4 Å². The van der Waals surface area contributed by atoms with Gasteiger partial charge in [0.1, 0.15) is 5.75 Å². The van der Waals surface area contributed by atoms with E-state index in [1.165, 1.54) is 0 Å². The molecule has 0 unspecified atom stereocenters. The number of aromatic hydroxyl groups is 1. The standard InChI is InChI=1S/C9H5ClF6O/c10-3-5-6(8(11,12)13)1-4(17)2-7(5)9(14,15)16/h1-2,17H,3H2. The second-order valence-electron chi connectivity index (χ2n) is 3.15. The van der Waals surface area contributed by atoms with Gasteiger partial charge in [0.2, 0.25) is 0 Å². The van der Waals surface area contributed by atoms with E-state index in [0.29, 0.717) is 0 Å². The van der Waals surface area contributed by atoms with Crippen LogP contribution < -0.4 is 0 Å². The average molecular weight is 279 g/mol. The molecule has 0 radical (unpaired) electrons. The minimum absolute atomic E-state index is 0.215. The normalized spacial score (nSPS) is 12.9. The van der Waals surface area contributed by atoms with Crippen LogP contribution in [0.3, 0.4) is 0 Å². The highest BCUT2D eigenvalue weighted by Crippen LogP contribution is 2.42. The van der Waals surface area contributed by atoms with E-state index in [2.05, 4.69) is 0 Å². The van der Waals surface area contributed by atoms with Crippen LogP contribution in [-0.2, 0) is 18.2 Å². The van der Waals surface area contributed by atoms with Crippen molar-refractivity contribution in [2.24, 2.45) is 0 Å². The lowest BCUT2D eigenvalue weighted by Crippen LogP contribution is -2.15. The highest BCUT2D eigenvalue weighted by atomic mass is 35.5. The van der Waals surface area contributed by atoms with Crippen LogP contribution in [0.1, 0.15) is 16.7 Å². The van der Waals surface area contributed by atoms with Gasteiger partial charge in [-0.2, -0.15) is 26.3 Å². The van der Waals surface area contributed by atoms with Crippen molar-refractivity contribution in [3.05, 3.63) is 28.8 Å². The first kappa shape index (κ1) is 14.0. The molecule has 0 amide bonds. The molecule has 1 nitrogen and oxygen atoms in total. The van der Waals surface area contributed by atoms with Crippen LogP contribution in [0, 0.1) is 0 Å². The van der Waals surface area contributed by atoms with Crippen molar-refractivity contribution in [3.8, 4) is 5.75 Å². The van der Waals surface area contributed by atoms with E-state index in [1.54, 1.807) is 0 Å². The van der Waals surface area contributed by atoms with E-state index < -0.39 is 40.7 Å². The first-order valence-corrected chi connectivity index (χ1v) is 4.67. The summed E-state index contributed by atoms with van der Waals surface area (Å²) in [5.41, 5.74) is -4.26. The van der Waals surface area contributed by atoms with Gasteiger partial charge in [-0.15, -0.1) is 11.6 Å². The van der Waals surface area contributed by atoms with Crippen LogP contribution in [0.2, 0.25) is 0 Å². The topological polar surface area (TPSA) is 20.2 Å². The van der Waals surface area contributed by atoms with E-state index in [-0.39, 0.29) is 12.1 Å². The van der Waals surface area contributed by atoms with Crippen molar-refractivity contribution < 1.29 is 31.4 Å². The fourth-order valence-electron chi connectivity index (χ4n) is 1.31. The SMILES string of the molecule is Oc1cc(C(F)(F)F)c(CCl)c(C(F)(F)F)c1. The Morgan fingerprint density at radius 1 is 0.941 bits per heavy atom. The summed E-state index contributed by atoms with van der Waals surface area (Å²) in [6.45, 7) is 0. The summed E-state index contributed by atoms with van der Waals surface area (Å²) in [6, 6.07) is 0.430. The Balaban J connectivity index is 3.58. The van der Waals surface area contributed by atoms with E-state index in [4.69, 9.17) is 16.7 Å². The molecule has 1 aromatic rings. The van der Waals surface area contributed by atoms with Crippen LogP contribution in [-0.4, -0.2) is 5.11 Å². The molecule has 0 aliphatic rings. The molecular formula is C9H5ClF6O. The van der Waals surface area contributed by atoms with Gasteiger partial charge in [-0.05, 0) is 17.7 Å². The maximum Gasteiger partial charge on any atom is 0.416 e. The summed E-state index contributed by atoms with van der Waals surface area (Å²) < 4.78 is 74.7. The second-order valence-corrected chi connectivity index (χ2v) is 3.42. The average Bonchev–Trinajstić information content (AvgIpc) is 2.13. The third-order valence-corrected chi connectivity index (χ3v) is 2.25. The molecule has 1 rings (SSSR count). The Labute approximate surface area is 96.6 Å².